The van der Waals surface area contributed by atoms with Crippen LogP contribution in [0.1, 0.15) is 129 Å². The first-order valence-corrected chi connectivity index (χ1v) is 11.7. The van der Waals surface area contributed by atoms with Crippen molar-refractivity contribution in [2.24, 2.45) is 0 Å². The van der Waals surface area contributed by atoms with E-state index in [0.29, 0.717) is 13.2 Å². The minimum atomic E-state index is -0.0630. The van der Waals surface area contributed by atoms with Crippen molar-refractivity contribution in [3.05, 3.63) is 0 Å². The maximum atomic E-state index is 11.4. The van der Waals surface area contributed by atoms with Crippen LogP contribution in [0.4, 0.5) is 0 Å². The molecule has 0 spiro atoms. The SMILES string of the molecule is CCCCCCCCCCCCCCCCNCOC(=O)CCCCC. The monoisotopic (exact) mass is 369 g/mol. The Labute approximate surface area is 164 Å². The number of carbonyl (C=O) groups excluding carboxylic acids is 1. The van der Waals surface area contributed by atoms with E-state index in [1.165, 1.54) is 89.9 Å². The van der Waals surface area contributed by atoms with Crippen molar-refractivity contribution in [3.63, 3.8) is 0 Å². The lowest BCUT2D eigenvalue weighted by molar-refractivity contribution is -0.144. The highest BCUT2D eigenvalue weighted by atomic mass is 16.5. The second-order valence-corrected chi connectivity index (χ2v) is 7.71. The molecule has 3 heteroatoms. The van der Waals surface area contributed by atoms with Gasteiger partial charge in [-0.05, 0) is 19.4 Å². The van der Waals surface area contributed by atoms with Gasteiger partial charge in [0.2, 0.25) is 0 Å². The molecule has 0 saturated carbocycles. The fourth-order valence-corrected chi connectivity index (χ4v) is 3.24. The van der Waals surface area contributed by atoms with Crippen LogP contribution in [0.2, 0.25) is 0 Å². The normalized spacial score (nSPS) is 11.0. The van der Waals surface area contributed by atoms with Crippen LogP contribution in [0.15, 0.2) is 0 Å². The van der Waals surface area contributed by atoms with E-state index in [9.17, 15) is 4.79 Å². The van der Waals surface area contributed by atoms with Gasteiger partial charge in [0.1, 0.15) is 6.73 Å². The van der Waals surface area contributed by atoms with Gasteiger partial charge in [-0.3, -0.25) is 10.1 Å². The summed E-state index contributed by atoms with van der Waals surface area (Å²) in [6.07, 6.45) is 23.2. The van der Waals surface area contributed by atoms with Crippen LogP contribution in [-0.2, 0) is 9.53 Å². The van der Waals surface area contributed by atoms with Gasteiger partial charge in [-0.25, -0.2) is 0 Å². The van der Waals surface area contributed by atoms with E-state index < -0.39 is 0 Å². The molecule has 0 aromatic rings. The van der Waals surface area contributed by atoms with E-state index in [2.05, 4.69) is 19.2 Å². The number of rotatable bonds is 21. The fourth-order valence-electron chi connectivity index (χ4n) is 3.24. The molecule has 0 rings (SSSR count). The van der Waals surface area contributed by atoms with E-state index in [1.807, 2.05) is 0 Å². The quantitative estimate of drug-likeness (QED) is 0.133. The summed E-state index contributed by atoms with van der Waals surface area (Å²) in [5.74, 6) is -0.0630. The molecule has 3 nitrogen and oxygen atoms in total. The van der Waals surface area contributed by atoms with Gasteiger partial charge < -0.3 is 4.74 Å². The zero-order chi connectivity index (χ0) is 19.1. The number of nitrogens with one attached hydrogen (secondary N) is 1. The molecule has 0 fully saturated rings. The number of carbonyl (C=O) groups is 1. The van der Waals surface area contributed by atoms with Crippen molar-refractivity contribution in [1.82, 2.24) is 5.32 Å². The Morgan fingerprint density at radius 2 is 1.04 bits per heavy atom. The molecule has 26 heavy (non-hydrogen) atoms. The standard InChI is InChI=1S/C23H47NO2/c1-3-5-7-8-9-10-11-12-13-14-15-16-17-19-21-24-22-26-23(25)20-18-6-4-2/h24H,3-22H2,1-2H3. The van der Waals surface area contributed by atoms with Crippen molar-refractivity contribution in [2.45, 2.75) is 129 Å². The minimum Gasteiger partial charge on any atom is -0.450 e. The summed E-state index contributed by atoms with van der Waals surface area (Å²) in [7, 11) is 0. The number of esters is 1. The molecular formula is C23H47NO2. The minimum absolute atomic E-state index is 0.0630. The van der Waals surface area contributed by atoms with Crippen molar-refractivity contribution in [3.8, 4) is 0 Å². The molecule has 1 N–H and O–H groups in total. The van der Waals surface area contributed by atoms with E-state index in [-0.39, 0.29) is 5.97 Å². The van der Waals surface area contributed by atoms with Crippen molar-refractivity contribution in [2.75, 3.05) is 13.3 Å². The summed E-state index contributed by atoms with van der Waals surface area (Å²) in [6.45, 7) is 5.76. The third-order valence-electron chi connectivity index (χ3n) is 5.03. The molecule has 0 saturated heterocycles. The first-order chi connectivity index (χ1) is 12.8. The van der Waals surface area contributed by atoms with E-state index >= 15 is 0 Å². The smallest absolute Gasteiger partial charge is 0.307 e. The molecule has 0 radical (unpaired) electrons. The Morgan fingerprint density at radius 1 is 0.615 bits per heavy atom. The van der Waals surface area contributed by atoms with E-state index in [1.54, 1.807) is 0 Å². The summed E-state index contributed by atoms with van der Waals surface area (Å²) in [5, 5.41) is 3.21. The molecule has 0 unspecified atom stereocenters. The highest BCUT2D eigenvalue weighted by Crippen LogP contribution is 2.12. The highest BCUT2D eigenvalue weighted by molar-refractivity contribution is 5.69. The second-order valence-electron chi connectivity index (χ2n) is 7.71. The lowest BCUT2D eigenvalue weighted by atomic mass is 10.0. The number of hydrogen-bond acceptors (Lipinski definition) is 3. The van der Waals surface area contributed by atoms with Gasteiger partial charge in [-0.1, -0.05) is 110 Å². The van der Waals surface area contributed by atoms with Crippen molar-refractivity contribution in [1.29, 1.82) is 0 Å². The molecule has 0 bridgehead atoms. The molecule has 0 aromatic carbocycles. The van der Waals surface area contributed by atoms with Gasteiger partial charge in [0, 0.05) is 6.42 Å². The summed E-state index contributed by atoms with van der Waals surface area (Å²) in [6, 6.07) is 0. The van der Waals surface area contributed by atoms with Crippen LogP contribution in [0.3, 0.4) is 0 Å². The van der Waals surface area contributed by atoms with Crippen LogP contribution in [-0.4, -0.2) is 19.2 Å². The van der Waals surface area contributed by atoms with Gasteiger partial charge in [0.05, 0.1) is 0 Å². The van der Waals surface area contributed by atoms with Crippen LogP contribution in [0.5, 0.6) is 0 Å². The maximum Gasteiger partial charge on any atom is 0.307 e. The van der Waals surface area contributed by atoms with Crippen LogP contribution < -0.4 is 5.32 Å². The first kappa shape index (κ1) is 25.4. The summed E-state index contributed by atoms with van der Waals surface area (Å²) >= 11 is 0. The average Bonchev–Trinajstić information content (AvgIpc) is 2.64. The molecule has 0 atom stereocenters. The highest BCUT2D eigenvalue weighted by Gasteiger charge is 2.01. The molecule has 0 amide bonds. The Kier molecular flexibility index (Phi) is 22.0. The number of hydrogen-bond donors (Lipinski definition) is 1. The molecule has 0 aliphatic rings. The number of ether oxygens (including phenoxy) is 1. The molecular weight excluding hydrogens is 322 g/mol. The van der Waals surface area contributed by atoms with Gasteiger partial charge in [-0.2, -0.15) is 0 Å². The summed E-state index contributed by atoms with van der Waals surface area (Å²) in [5.41, 5.74) is 0. The molecule has 156 valence electrons. The third-order valence-corrected chi connectivity index (χ3v) is 5.03. The lowest BCUT2D eigenvalue weighted by Gasteiger charge is -2.07. The summed E-state index contributed by atoms with van der Waals surface area (Å²) in [4.78, 5) is 11.4. The van der Waals surface area contributed by atoms with Crippen LogP contribution in [0, 0.1) is 0 Å². The van der Waals surface area contributed by atoms with E-state index in [0.717, 1.165) is 25.8 Å². The van der Waals surface area contributed by atoms with Crippen LogP contribution >= 0.6 is 0 Å². The Balaban J connectivity index is 3.06. The second kappa shape index (κ2) is 22.5. The molecule has 0 aliphatic carbocycles. The van der Waals surface area contributed by atoms with Crippen molar-refractivity contribution >= 4 is 5.97 Å². The predicted octanol–water partition coefficient (Wildman–Crippen LogP) is 7.14. The fraction of sp³-hybridized carbons (Fsp3) is 0.957. The predicted molar refractivity (Wildman–Crippen MR) is 113 cm³/mol. The Morgan fingerprint density at radius 3 is 1.54 bits per heavy atom. The van der Waals surface area contributed by atoms with Gasteiger partial charge in [0.15, 0.2) is 0 Å². The Hall–Kier alpha value is -0.570. The van der Waals surface area contributed by atoms with E-state index in [4.69, 9.17) is 4.74 Å². The van der Waals surface area contributed by atoms with Gasteiger partial charge >= 0.3 is 5.97 Å². The topological polar surface area (TPSA) is 38.3 Å². The Bertz CT molecular complexity index is 281. The van der Waals surface area contributed by atoms with Gasteiger partial charge in [-0.15, -0.1) is 0 Å². The first-order valence-electron chi connectivity index (χ1n) is 11.7. The zero-order valence-corrected chi connectivity index (χ0v) is 18.0. The molecule has 0 aliphatic heterocycles. The van der Waals surface area contributed by atoms with Crippen molar-refractivity contribution < 1.29 is 9.53 Å². The zero-order valence-electron chi connectivity index (χ0n) is 18.0. The molecule has 0 heterocycles. The molecule has 0 aromatic heterocycles. The largest absolute Gasteiger partial charge is 0.450 e. The van der Waals surface area contributed by atoms with Crippen LogP contribution in [0.25, 0.3) is 0 Å². The number of unbranched alkanes of at least 4 members (excludes halogenated alkanes) is 15. The average molecular weight is 370 g/mol. The van der Waals surface area contributed by atoms with Gasteiger partial charge in [0.25, 0.3) is 0 Å². The lowest BCUT2D eigenvalue weighted by Crippen LogP contribution is -2.21. The maximum absolute atomic E-state index is 11.4. The summed E-state index contributed by atoms with van der Waals surface area (Å²) < 4.78 is 5.16. The third kappa shape index (κ3) is 21.5.